The standard InChI is InChI=1S/C21H19N3O4/c1-23(20(25)15-28-18-12-10-17(11-13-18)24(26)27)21(16-7-3-2-4-8-16)19-9-5-6-14-22-19/h2-14,21H,15H2,1H3. The van der Waals surface area contributed by atoms with Crippen LogP contribution < -0.4 is 4.74 Å². The number of carbonyl (C=O) groups is 1. The highest BCUT2D eigenvalue weighted by atomic mass is 16.6. The van der Waals surface area contributed by atoms with Crippen LogP contribution in [0.1, 0.15) is 17.3 Å². The molecular weight excluding hydrogens is 358 g/mol. The molecule has 28 heavy (non-hydrogen) atoms. The van der Waals surface area contributed by atoms with Gasteiger partial charge in [0, 0.05) is 25.4 Å². The highest BCUT2D eigenvalue weighted by molar-refractivity contribution is 5.78. The number of rotatable bonds is 7. The van der Waals surface area contributed by atoms with E-state index in [-0.39, 0.29) is 24.2 Å². The predicted octanol–water partition coefficient (Wildman–Crippen LogP) is 3.62. The van der Waals surface area contributed by atoms with E-state index >= 15 is 0 Å². The maximum absolute atomic E-state index is 12.7. The van der Waals surface area contributed by atoms with Crippen molar-refractivity contribution in [3.8, 4) is 5.75 Å². The van der Waals surface area contributed by atoms with Crippen molar-refractivity contribution in [2.45, 2.75) is 6.04 Å². The molecule has 0 spiro atoms. The Kier molecular flexibility index (Phi) is 5.96. The summed E-state index contributed by atoms with van der Waals surface area (Å²) in [6.07, 6.45) is 1.69. The first-order valence-corrected chi connectivity index (χ1v) is 8.65. The summed E-state index contributed by atoms with van der Waals surface area (Å²) in [4.78, 5) is 29.0. The Balaban J connectivity index is 1.74. The lowest BCUT2D eigenvalue weighted by molar-refractivity contribution is -0.384. The fraction of sp³-hybridized carbons (Fsp3) is 0.143. The summed E-state index contributed by atoms with van der Waals surface area (Å²) in [5.41, 5.74) is 1.65. The van der Waals surface area contributed by atoms with E-state index in [1.54, 1.807) is 18.1 Å². The van der Waals surface area contributed by atoms with Crippen LogP contribution in [0.2, 0.25) is 0 Å². The van der Waals surface area contributed by atoms with Gasteiger partial charge in [-0.05, 0) is 29.8 Å². The van der Waals surface area contributed by atoms with Crippen molar-refractivity contribution in [2.75, 3.05) is 13.7 Å². The van der Waals surface area contributed by atoms with E-state index in [0.29, 0.717) is 5.75 Å². The summed E-state index contributed by atoms with van der Waals surface area (Å²) < 4.78 is 5.51. The molecule has 0 saturated heterocycles. The molecule has 0 radical (unpaired) electrons. The second-order valence-electron chi connectivity index (χ2n) is 6.11. The van der Waals surface area contributed by atoms with E-state index in [1.807, 2.05) is 48.5 Å². The van der Waals surface area contributed by atoms with E-state index in [4.69, 9.17) is 4.74 Å². The van der Waals surface area contributed by atoms with Crippen molar-refractivity contribution in [3.05, 3.63) is 100 Å². The van der Waals surface area contributed by atoms with Gasteiger partial charge in [-0.2, -0.15) is 0 Å². The van der Waals surface area contributed by atoms with Crippen molar-refractivity contribution in [1.29, 1.82) is 0 Å². The fourth-order valence-corrected chi connectivity index (χ4v) is 2.82. The van der Waals surface area contributed by atoms with Gasteiger partial charge >= 0.3 is 0 Å². The largest absolute Gasteiger partial charge is 0.484 e. The molecule has 3 aromatic rings. The quantitative estimate of drug-likeness (QED) is 0.464. The summed E-state index contributed by atoms with van der Waals surface area (Å²) in [6, 6.07) is 20.5. The van der Waals surface area contributed by atoms with Crippen molar-refractivity contribution < 1.29 is 14.5 Å². The maximum atomic E-state index is 12.7. The van der Waals surface area contributed by atoms with Crippen LogP contribution in [0, 0.1) is 10.1 Å². The number of non-ortho nitro benzene ring substituents is 1. The number of nitrogens with zero attached hydrogens (tertiary/aromatic N) is 3. The van der Waals surface area contributed by atoms with Gasteiger partial charge in [-0.15, -0.1) is 0 Å². The van der Waals surface area contributed by atoms with Gasteiger partial charge in [0.1, 0.15) is 5.75 Å². The Morgan fingerprint density at radius 3 is 2.36 bits per heavy atom. The van der Waals surface area contributed by atoms with Crippen LogP contribution in [0.3, 0.4) is 0 Å². The smallest absolute Gasteiger partial charge is 0.269 e. The molecule has 0 aliphatic heterocycles. The average Bonchev–Trinajstić information content (AvgIpc) is 2.74. The second kappa shape index (κ2) is 8.77. The van der Waals surface area contributed by atoms with Crippen molar-refractivity contribution in [1.82, 2.24) is 9.88 Å². The Labute approximate surface area is 162 Å². The number of carbonyl (C=O) groups excluding carboxylic acids is 1. The number of nitro benzene ring substituents is 1. The van der Waals surface area contributed by atoms with Gasteiger partial charge < -0.3 is 9.64 Å². The lowest BCUT2D eigenvalue weighted by Crippen LogP contribution is -2.35. The van der Waals surface area contributed by atoms with E-state index < -0.39 is 4.92 Å². The number of pyridine rings is 1. The molecule has 0 bridgehead atoms. The highest BCUT2D eigenvalue weighted by Crippen LogP contribution is 2.26. The van der Waals surface area contributed by atoms with Gasteiger partial charge in [-0.3, -0.25) is 19.9 Å². The summed E-state index contributed by atoms with van der Waals surface area (Å²) >= 11 is 0. The SMILES string of the molecule is CN(C(=O)COc1ccc([N+](=O)[O-])cc1)C(c1ccccc1)c1ccccn1. The molecule has 1 aromatic heterocycles. The minimum absolute atomic E-state index is 0.0323. The van der Waals surface area contributed by atoms with Crippen LogP contribution in [0.15, 0.2) is 79.0 Å². The number of likely N-dealkylation sites (N-methyl/N-ethyl adjacent to an activating group) is 1. The van der Waals surface area contributed by atoms with Crippen LogP contribution in [0.5, 0.6) is 5.75 Å². The third kappa shape index (κ3) is 4.50. The first-order valence-electron chi connectivity index (χ1n) is 8.65. The number of aromatic nitrogens is 1. The van der Waals surface area contributed by atoms with Gasteiger partial charge in [-0.25, -0.2) is 0 Å². The first-order chi connectivity index (χ1) is 13.6. The molecule has 2 aromatic carbocycles. The molecule has 1 unspecified atom stereocenters. The maximum Gasteiger partial charge on any atom is 0.269 e. The van der Waals surface area contributed by atoms with Gasteiger partial charge in [0.05, 0.1) is 16.7 Å². The summed E-state index contributed by atoms with van der Waals surface area (Å²) in [5.74, 6) is 0.152. The van der Waals surface area contributed by atoms with E-state index in [9.17, 15) is 14.9 Å². The third-order valence-corrected chi connectivity index (χ3v) is 4.27. The lowest BCUT2D eigenvalue weighted by Gasteiger charge is -2.28. The molecule has 1 amide bonds. The van der Waals surface area contributed by atoms with Gasteiger partial charge in [0.2, 0.25) is 0 Å². The van der Waals surface area contributed by atoms with Gasteiger partial charge in [-0.1, -0.05) is 36.4 Å². The number of benzene rings is 2. The minimum Gasteiger partial charge on any atom is -0.484 e. The summed E-state index contributed by atoms with van der Waals surface area (Å²) in [7, 11) is 1.70. The molecule has 1 heterocycles. The van der Waals surface area contributed by atoms with Gasteiger partial charge in [0.15, 0.2) is 6.61 Å². The Hall–Kier alpha value is -3.74. The predicted molar refractivity (Wildman–Crippen MR) is 104 cm³/mol. The molecule has 7 heteroatoms. The van der Waals surface area contributed by atoms with Crippen molar-refractivity contribution in [2.24, 2.45) is 0 Å². The number of hydrogen-bond donors (Lipinski definition) is 0. The fourth-order valence-electron chi connectivity index (χ4n) is 2.82. The molecule has 142 valence electrons. The highest BCUT2D eigenvalue weighted by Gasteiger charge is 2.24. The number of nitro groups is 1. The Morgan fingerprint density at radius 2 is 1.75 bits per heavy atom. The van der Waals surface area contributed by atoms with Crippen LogP contribution in [0.25, 0.3) is 0 Å². The van der Waals surface area contributed by atoms with Crippen LogP contribution in [-0.4, -0.2) is 34.4 Å². The Morgan fingerprint density at radius 1 is 1.07 bits per heavy atom. The number of amides is 1. The van der Waals surface area contributed by atoms with Gasteiger partial charge in [0.25, 0.3) is 11.6 Å². The normalized spacial score (nSPS) is 11.5. The zero-order valence-corrected chi connectivity index (χ0v) is 15.3. The van der Waals surface area contributed by atoms with E-state index in [1.165, 1.54) is 24.3 Å². The molecule has 0 aliphatic carbocycles. The molecule has 7 nitrogen and oxygen atoms in total. The molecule has 0 saturated carbocycles. The van der Waals surface area contributed by atoms with Crippen molar-refractivity contribution >= 4 is 11.6 Å². The third-order valence-electron chi connectivity index (χ3n) is 4.27. The first kappa shape index (κ1) is 19.0. The molecule has 0 aliphatic rings. The molecule has 3 rings (SSSR count). The number of hydrogen-bond acceptors (Lipinski definition) is 5. The summed E-state index contributed by atoms with van der Waals surface area (Å²) in [5, 5.41) is 10.7. The minimum atomic E-state index is -0.486. The van der Waals surface area contributed by atoms with E-state index in [0.717, 1.165) is 11.3 Å². The van der Waals surface area contributed by atoms with E-state index in [2.05, 4.69) is 4.98 Å². The van der Waals surface area contributed by atoms with Crippen molar-refractivity contribution in [3.63, 3.8) is 0 Å². The zero-order valence-electron chi connectivity index (χ0n) is 15.3. The van der Waals surface area contributed by atoms with Crippen LogP contribution >= 0.6 is 0 Å². The number of ether oxygens (including phenoxy) is 1. The average molecular weight is 377 g/mol. The molecule has 0 fully saturated rings. The molecule has 1 atom stereocenters. The topological polar surface area (TPSA) is 85.6 Å². The summed E-state index contributed by atoms with van der Waals surface area (Å²) in [6.45, 7) is -0.190. The zero-order chi connectivity index (χ0) is 19.9. The monoisotopic (exact) mass is 377 g/mol. The van der Waals surface area contributed by atoms with Crippen LogP contribution in [-0.2, 0) is 4.79 Å². The second-order valence-corrected chi connectivity index (χ2v) is 6.11. The Bertz CT molecular complexity index is 891. The lowest BCUT2D eigenvalue weighted by atomic mass is 10.0. The van der Waals surface area contributed by atoms with Crippen LogP contribution in [0.4, 0.5) is 5.69 Å². The molecular formula is C21H19N3O4. The molecule has 0 N–H and O–H groups in total.